The number of carbonyl (C=O) groups is 1. The molecule has 0 aliphatic heterocycles. The standard InChI is InChI=1S/C16H24BrNO/c1-5-13(4)18(16(19)15(17)12(2)3)11-14-9-7-6-8-10-14/h6-10,12-13,15H,5,11H2,1-4H3. The van der Waals surface area contributed by atoms with Gasteiger partial charge in [-0.25, -0.2) is 0 Å². The van der Waals surface area contributed by atoms with Crippen LogP contribution in [-0.4, -0.2) is 21.7 Å². The zero-order valence-corrected chi connectivity index (χ0v) is 13.9. The number of benzene rings is 1. The van der Waals surface area contributed by atoms with E-state index in [4.69, 9.17) is 0 Å². The van der Waals surface area contributed by atoms with E-state index in [-0.39, 0.29) is 16.8 Å². The highest BCUT2D eigenvalue weighted by molar-refractivity contribution is 9.10. The predicted octanol–water partition coefficient (Wildman–Crippen LogP) is 4.23. The van der Waals surface area contributed by atoms with Crippen LogP contribution < -0.4 is 0 Å². The van der Waals surface area contributed by atoms with Gasteiger partial charge in [0, 0.05) is 12.6 Å². The maximum Gasteiger partial charge on any atom is 0.237 e. The Morgan fingerprint density at radius 1 is 1.21 bits per heavy atom. The molecule has 0 spiro atoms. The number of hydrogen-bond donors (Lipinski definition) is 0. The van der Waals surface area contributed by atoms with Gasteiger partial charge in [-0.15, -0.1) is 0 Å². The third-order valence-electron chi connectivity index (χ3n) is 3.42. The van der Waals surface area contributed by atoms with Gasteiger partial charge < -0.3 is 4.90 Å². The SMILES string of the molecule is CCC(C)N(Cc1ccccc1)C(=O)C(Br)C(C)C. The maximum atomic E-state index is 12.6. The molecule has 1 aromatic carbocycles. The molecule has 1 amide bonds. The Kier molecular flexibility index (Phi) is 6.56. The molecule has 3 heteroatoms. The van der Waals surface area contributed by atoms with E-state index in [1.165, 1.54) is 5.56 Å². The van der Waals surface area contributed by atoms with Crippen molar-refractivity contribution < 1.29 is 4.79 Å². The molecule has 0 aliphatic rings. The highest BCUT2D eigenvalue weighted by Gasteiger charge is 2.27. The van der Waals surface area contributed by atoms with E-state index in [0.29, 0.717) is 12.5 Å². The van der Waals surface area contributed by atoms with Gasteiger partial charge >= 0.3 is 0 Å². The molecule has 2 nitrogen and oxygen atoms in total. The molecule has 0 radical (unpaired) electrons. The summed E-state index contributed by atoms with van der Waals surface area (Å²) in [6.07, 6.45) is 0.969. The van der Waals surface area contributed by atoms with Crippen molar-refractivity contribution in [3.63, 3.8) is 0 Å². The molecule has 0 saturated heterocycles. The first-order valence-corrected chi connectivity index (χ1v) is 7.87. The van der Waals surface area contributed by atoms with Gasteiger partial charge in [0.15, 0.2) is 0 Å². The summed E-state index contributed by atoms with van der Waals surface area (Å²) in [5.74, 6) is 0.489. The van der Waals surface area contributed by atoms with Crippen molar-refractivity contribution in [2.45, 2.75) is 51.5 Å². The Labute approximate surface area is 125 Å². The number of rotatable bonds is 6. The van der Waals surface area contributed by atoms with Crippen LogP contribution in [0.2, 0.25) is 0 Å². The summed E-state index contributed by atoms with van der Waals surface area (Å²) in [7, 11) is 0. The highest BCUT2D eigenvalue weighted by Crippen LogP contribution is 2.20. The van der Waals surface area contributed by atoms with E-state index in [9.17, 15) is 4.79 Å². The first kappa shape index (κ1) is 16.2. The molecule has 0 saturated carbocycles. The molecule has 0 aromatic heterocycles. The van der Waals surface area contributed by atoms with Crippen LogP contribution in [0.3, 0.4) is 0 Å². The Balaban J connectivity index is 2.86. The van der Waals surface area contributed by atoms with Crippen LogP contribution in [0.1, 0.15) is 39.7 Å². The Morgan fingerprint density at radius 2 is 1.79 bits per heavy atom. The van der Waals surface area contributed by atoms with Crippen molar-refractivity contribution >= 4 is 21.8 Å². The Bertz CT molecular complexity index is 391. The minimum Gasteiger partial charge on any atom is -0.335 e. The second-order valence-electron chi connectivity index (χ2n) is 5.35. The molecule has 0 N–H and O–H groups in total. The van der Waals surface area contributed by atoms with Gasteiger partial charge in [0.1, 0.15) is 0 Å². The van der Waals surface area contributed by atoms with Crippen molar-refractivity contribution in [1.29, 1.82) is 0 Å². The van der Waals surface area contributed by atoms with Crippen molar-refractivity contribution in [3.8, 4) is 0 Å². The molecule has 0 bridgehead atoms. The van der Waals surface area contributed by atoms with Crippen molar-refractivity contribution in [3.05, 3.63) is 35.9 Å². The van der Waals surface area contributed by atoms with Gasteiger partial charge in [-0.2, -0.15) is 0 Å². The molecular formula is C16H24BrNO. The number of hydrogen-bond acceptors (Lipinski definition) is 1. The second kappa shape index (κ2) is 7.68. The number of nitrogens with zero attached hydrogens (tertiary/aromatic N) is 1. The molecule has 106 valence electrons. The lowest BCUT2D eigenvalue weighted by atomic mass is 10.1. The van der Waals surface area contributed by atoms with Gasteiger partial charge in [-0.3, -0.25) is 4.79 Å². The van der Waals surface area contributed by atoms with Gasteiger partial charge in [-0.05, 0) is 24.8 Å². The predicted molar refractivity (Wildman–Crippen MR) is 84.3 cm³/mol. The lowest BCUT2D eigenvalue weighted by Crippen LogP contribution is -2.43. The van der Waals surface area contributed by atoms with E-state index in [2.05, 4.69) is 55.8 Å². The first-order valence-electron chi connectivity index (χ1n) is 6.95. The first-order chi connectivity index (χ1) is 8.97. The minimum absolute atomic E-state index is 0.106. The minimum atomic E-state index is -0.106. The third-order valence-corrected chi connectivity index (χ3v) is 4.87. The van der Waals surface area contributed by atoms with Crippen LogP contribution in [0.15, 0.2) is 30.3 Å². The van der Waals surface area contributed by atoms with Crippen LogP contribution >= 0.6 is 15.9 Å². The summed E-state index contributed by atoms with van der Waals surface area (Å²) in [4.78, 5) is 14.4. The summed E-state index contributed by atoms with van der Waals surface area (Å²) in [6.45, 7) is 9.04. The smallest absolute Gasteiger partial charge is 0.237 e. The van der Waals surface area contributed by atoms with Gasteiger partial charge in [0.25, 0.3) is 0 Å². The van der Waals surface area contributed by atoms with Crippen LogP contribution in [0.4, 0.5) is 0 Å². The zero-order chi connectivity index (χ0) is 14.4. The number of carbonyl (C=O) groups excluding carboxylic acids is 1. The summed E-state index contributed by atoms with van der Waals surface area (Å²) in [5, 5.41) is 0. The molecule has 1 rings (SSSR count). The van der Waals surface area contributed by atoms with Crippen molar-refractivity contribution in [1.82, 2.24) is 4.90 Å². The second-order valence-corrected chi connectivity index (χ2v) is 6.34. The fraction of sp³-hybridized carbons (Fsp3) is 0.562. The normalized spacial score (nSPS) is 14.2. The average Bonchev–Trinajstić information content (AvgIpc) is 2.43. The van der Waals surface area contributed by atoms with Crippen LogP contribution in [-0.2, 0) is 11.3 Å². The maximum absolute atomic E-state index is 12.6. The quantitative estimate of drug-likeness (QED) is 0.716. The average molecular weight is 326 g/mol. The molecule has 0 fully saturated rings. The fourth-order valence-corrected chi connectivity index (χ4v) is 2.16. The molecule has 2 atom stereocenters. The fourth-order valence-electron chi connectivity index (χ4n) is 1.90. The van der Waals surface area contributed by atoms with E-state index in [1.807, 2.05) is 23.1 Å². The molecule has 2 unspecified atom stereocenters. The number of halogens is 1. The third kappa shape index (κ3) is 4.64. The van der Waals surface area contributed by atoms with Crippen LogP contribution in [0.25, 0.3) is 0 Å². The van der Waals surface area contributed by atoms with Crippen molar-refractivity contribution in [2.24, 2.45) is 5.92 Å². The van der Waals surface area contributed by atoms with Gasteiger partial charge in [0.2, 0.25) is 5.91 Å². The van der Waals surface area contributed by atoms with Gasteiger partial charge in [0.05, 0.1) is 4.83 Å². The van der Waals surface area contributed by atoms with Gasteiger partial charge in [-0.1, -0.05) is 67.0 Å². The number of amides is 1. The largest absolute Gasteiger partial charge is 0.335 e. The molecule has 1 aromatic rings. The van der Waals surface area contributed by atoms with E-state index in [0.717, 1.165) is 6.42 Å². The zero-order valence-electron chi connectivity index (χ0n) is 12.3. The summed E-state index contributed by atoms with van der Waals surface area (Å²) >= 11 is 3.53. The molecule has 0 aliphatic carbocycles. The van der Waals surface area contributed by atoms with E-state index < -0.39 is 0 Å². The monoisotopic (exact) mass is 325 g/mol. The van der Waals surface area contributed by atoms with Crippen LogP contribution in [0, 0.1) is 5.92 Å². The molecular weight excluding hydrogens is 302 g/mol. The Morgan fingerprint density at radius 3 is 2.26 bits per heavy atom. The lowest BCUT2D eigenvalue weighted by Gasteiger charge is -2.31. The lowest BCUT2D eigenvalue weighted by molar-refractivity contribution is -0.134. The summed E-state index contributed by atoms with van der Waals surface area (Å²) in [6, 6.07) is 10.4. The van der Waals surface area contributed by atoms with E-state index >= 15 is 0 Å². The van der Waals surface area contributed by atoms with E-state index in [1.54, 1.807) is 0 Å². The topological polar surface area (TPSA) is 20.3 Å². The summed E-state index contributed by atoms with van der Waals surface area (Å²) < 4.78 is 0. The Hall–Kier alpha value is -0.830. The van der Waals surface area contributed by atoms with Crippen LogP contribution in [0.5, 0.6) is 0 Å². The highest BCUT2D eigenvalue weighted by atomic mass is 79.9. The molecule has 19 heavy (non-hydrogen) atoms. The summed E-state index contributed by atoms with van der Waals surface area (Å²) in [5.41, 5.74) is 1.18. The van der Waals surface area contributed by atoms with Crippen molar-refractivity contribution in [2.75, 3.05) is 0 Å². The molecule has 0 heterocycles. The number of alkyl halides is 1.